The van der Waals surface area contributed by atoms with Crippen molar-refractivity contribution in [1.82, 2.24) is 19.9 Å². The van der Waals surface area contributed by atoms with Gasteiger partial charge in [-0.25, -0.2) is 19.2 Å². The molecule has 2 aromatic rings. The third kappa shape index (κ3) is 4.05. The van der Waals surface area contributed by atoms with E-state index in [4.69, 9.17) is 27.9 Å². The van der Waals surface area contributed by atoms with Gasteiger partial charge in [-0.2, -0.15) is 4.98 Å². The second-order valence-corrected chi connectivity index (χ2v) is 9.27. The molecule has 0 saturated carbocycles. The molecule has 10 heteroatoms. The summed E-state index contributed by atoms with van der Waals surface area (Å²) in [4.78, 5) is 28.8. The number of nitrogens with zero attached hydrogens (tertiary/aromatic N) is 5. The summed E-state index contributed by atoms with van der Waals surface area (Å²) in [6.45, 7) is 7.40. The van der Waals surface area contributed by atoms with Gasteiger partial charge in [0.05, 0.1) is 11.4 Å². The van der Waals surface area contributed by atoms with Crippen LogP contribution in [0, 0.1) is 11.7 Å². The minimum absolute atomic E-state index is 0.0301. The Hall–Kier alpha value is -1.93. The number of piperidine rings is 1. The van der Waals surface area contributed by atoms with E-state index in [9.17, 15) is 9.18 Å². The van der Waals surface area contributed by atoms with Crippen molar-refractivity contribution in [1.29, 1.82) is 0 Å². The second-order valence-electron chi connectivity index (χ2n) is 8.58. The van der Waals surface area contributed by atoms with E-state index < -0.39 is 11.4 Å². The summed E-state index contributed by atoms with van der Waals surface area (Å²) < 4.78 is 20.1. The SMILES string of the molecule is CC(C)(C)OC(=O)N1CC2CCC1CN(c1nc(Cl)nc3c(F)c(Cl)ncc13)C2. The van der Waals surface area contributed by atoms with Crippen LogP contribution in [0.5, 0.6) is 0 Å². The van der Waals surface area contributed by atoms with Crippen LogP contribution in [0.15, 0.2) is 6.20 Å². The molecule has 0 radical (unpaired) electrons. The Bertz CT molecular complexity index is 968. The van der Waals surface area contributed by atoms with E-state index in [0.29, 0.717) is 30.8 Å². The van der Waals surface area contributed by atoms with Crippen LogP contribution < -0.4 is 4.90 Å². The molecule has 1 amide bonds. The number of hydrogen-bond donors (Lipinski definition) is 0. The molecule has 156 valence electrons. The number of fused-ring (bicyclic) bond motifs is 5. The predicted molar refractivity (Wildman–Crippen MR) is 109 cm³/mol. The third-order valence-electron chi connectivity index (χ3n) is 5.24. The number of carbonyl (C=O) groups is 1. The largest absolute Gasteiger partial charge is 0.444 e. The Balaban J connectivity index is 1.68. The zero-order chi connectivity index (χ0) is 20.9. The van der Waals surface area contributed by atoms with Gasteiger partial charge in [0.2, 0.25) is 5.28 Å². The Morgan fingerprint density at radius 1 is 1.21 bits per heavy atom. The summed E-state index contributed by atoms with van der Waals surface area (Å²) in [7, 11) is 0. The Kier molecular flexibility index (Phi) is 5.19. The summed E-state index contributed by atoms with van der Waals surface area (Å²) in [5.74, 6) is 0.0315. The molecule has 3 saturated heterocycles. The number of anilines is 1. The van der Waals surface area contributed by atoms with Gasteiger partial charge in [-0.15, -0.1) is 0 Å². The maximum Gasteiger partial charge on any atom is 0.410 e. The minimum atomic E-state index is -0.720. The molecule has 2 unspecified atom stereocenters. The molecule has 29 heavy (non-hydrogen) atoms. The summed E-state index contributed by atoms with van der Waals surface area (Å²) in [6, 6.07) is -0.0301. The number of rotatable bonds is 1. The zero-order valence-electron chi connectivity index (χ0n) is 16.5. The van der Waals surface area contributed by atoms with Crippen molar-refractivity contribution in [3.05, 3.63) is 22.5 Å². The van der Waals surface area contributed by atoms with E-state index in [1.165, 1.54) is 6.20 Å². The van der Waals surface area contributed by atoms with Gasteiger partial charge >= 0.3 is 6.09 Å². The van der Waals surface area contributed by atoms with Gasteiger partial charge in [0, 0.05) is 25.8 Å². The Morgan fingerprint density at radius 3 is 2.69 bits per heavy atom. The number of hydrogen-bond acceptors (Lipinski definition) is 6. The van der Waals surface area contributed by atoms with Crippen LogP contribution in [0.4, 0.5) is 15.0 Å². The van der Waals surface area contributed by atoms with Crippen molar-refractivity contribution >= 4 is 46.0 Å². The molecule has 0 spiro atoms. The number of halogens is 3. The number of carbonyl (C=O) groups excluding carboxylic acids is 1. The summed E-state index contributed by atoms with van der Waals surface area (Å²) >= 11 is 11.9. The van der Waals surface area contributed by atoms with E-state index in [2.05, 4.69) is 15.0 Å². The third-order valence-corrected chi connectivity index (χ3v) is 5.67. The van der Waals surface area contributed by atoms with Gasteiger partial charge in [0.1, 0.15) is 16.9 Å². The Morgan fingerprint density at radius 2 is 1.97 bits per heavy atom. The number of ether oxygens (including phenoxy) is 1. The van der Waals surface area contributed by atoms with Crippen molar-refractivity contribution < 1.29 is 13.9 Å². The van der Waals surface area contributed by atoms with Crippen LogP contribution in [0.3, 0.4) is 0 Å². The van der Waals surface area contributed by atoms with E-state index in [1.807, 2.05) is 25.7 Å². The van der Waals surface area contributed by atoms with E-state index >= 15 is 0 Å². The lowest BCUT2D eigenvalue weighted by Gasteiger charge is -2.37. The monoisotopic (exact) mass is 441 g/mol. The van der Waals surface area contributed by atoms with Gasteiger partial charge in [0.15, 0.2) is 11.0 Å². The first kappa shape index (κ1) is 20.3. The van der Waals surface area contributed by atoms with Crippen LogP contribution in [-0.2, 0) is 4.74 Å². The number of aromatic nitrogens is 3. The van der Waals surface area contributed by atoms with Gasteiger partial charge in [0.25, 0.3) is 0 Å². The topological polar surface area (TPSA) is 71.5 Å². The smallest absolute Gasteiger partial charge is 0.410 e. The molecule has 3 aliphatic heterocycles. The first-order valence-corrected chi connectivity index (χ1v) is 10.3. The van der Waals surface area contributed by atoms with E-state index in [0.717, 1.165) is 12.8 Å². The van der Waals surface area contributed by atoms with Crippen LogP contribution in [0.2, 0.25) is 10.4 Å². The van der Waals surface area contributed by atoms with Gasteiger partial charge in [-0.3, -0.25) is 0 Å². The molecule has 5 heterocycles. The van der Waals surface area contributed by atoms with Crippen LogP contribution >= 0.6 is 23.2 Å². The molecule has 0 aromatic carbocycles. The van der Waals surface area contributed by atoms with Crippen molar-refractivity contribution in [3.63, 3.8) is 0 Å². The van der Waals surface area contributed by atoms with E-state index in [-0.39, 0.29) is 34.0 Å². The van der Waals surface area contributed by atoms with Gasteiger partial charge in [-0.05, 0) is 51.1 Å². The van der Waals surface area contributed by atoms with Gasteiger partial charge in [-0.1, -0.05) is 11.6 Å². The molecule has 3 aliphatic rings. The highest BCUT2D eigenvalue weighted by Crippen LogP contribution is 2.35. The maximum atomic E-state index is 14.5. The highest BCUT2D eigenvalue weighted by atomic mass is 35.5. The summed E-state index contributed by atoms with van der Waals surface area (Å²) in [5, 5.41) is 0.126. The number of amides is 1. The van der Waals surface area contributed by atoms with Gasteiger partial charge < -0.3 is 14.5 Å². The fourth-order valence-electron chi connectivity index (χ4n) is 4.03. The minimum Gasteiger partial charge on any atom is -0.444 e. The first-order valence-electron chi connectivity index (χ1n) is 9.54. The lowest BCUT2D eigenvalue weighted by atomic mass is 9.95. The van der Waals surface area contributed by atoms with Crippen molar-refractivity contribution in [2.75, 3.05) is 24.5 Å². The first-order chi connectivity index (χ1) is 13.6. The fourth-order valence-corrected chi connectivity index (χ4v) is 4.34. The fraction of sp³-hybridized carbons (Fsp3) is 0.579. The second kappa shape index (κ2) is 7.40. The average Bonchev–Trinajstić information content (AvgIpc) is 2.95. The zero-order valence-corrected chi connectivity index (χ0v) is 18.0. The van der Waals surface area contributed by atoms with Crippen molar-refractivity contribution in [2.45, 2.75) is 45.3 Å². The summed E-state index contributed by atoms with van der Waals surface area (Å²) in [5.41, 5.74) is -0.512. The molecular weight excluding hydrogens is 420 g/mol. The molecule has 0 N–H and O–H groups in total. The van der Waals surface area contributed by atoms with E-state index in [1.54, 1.807) is 4.90 Å². The molecule has 2 atom stereocenters. The summed E-state index contributed by atoms with van der Waals surface area (Å²) in [6.07, 6.45) is 3.02. The van der Waals surface area contributed by atoms with Crippen molar-refractivity contribution in [3.8, 4) is 0 Å². The average molecular weight is 442 g/mol. The van der Waals surface area contributed by atoms with Crippen LogP contribution in [-0.4, -0.2) is 57.2 Å². The molecule has 5 rings (SSSR count). The molecule has 2 bridgehead atoms. The van der Waals surface area contributed by atoms with Crippen LogP contribution in [0.1, 0.15) is 33.6 Å². The normalized spacial score (nSPS) is 22.1. The predicted octanol–water partition coefficient (Wildman–Crippen LogP) is 4.31. The maximum absolute atomic E-state index is 14.5. The standard InChI is InChI=1S/C19H22Cl2FN5O2/c1-19(2,3)29-18(28)27-8-10-4-5-11(27)9-26(7-10)16-12-6-23-15(20)13(22)14(12)24-17(21)25-16/h6,10-11H,4-5,7-9H2,1-3H3. The highest BCUT2D eigenvalue weighted by molar-refractivity contribution is 6.30. The van der Waals surface area contributed by atoms with Crippen LogP contribution in [0.25, 0.3) is 10.9 Å². The molecule has 0 aliphatic carbocycles. The highest BCUT2D eigenvalue weighted by Gasteiger charge is 2.39. The molecule has 7 nitrogen and oxygen atoms in total. The van der Waals surface area contributed by atoms with Crippen molar-refractivity contribution in [2.24, 2.45) is 5.92 Å². The Labute approximate surface area is 178 Å². The lowest BCUT2D eigenvalue weighted by Crippen LogP contribution is -2.49. The molecule has 3 fully saturated rings. The number of pyridine rings is 1. The lowest BCUT2D eigenvalue weighted by molar-refractivity contribution is 0.00810. The molecule has 2 aromatic heterocycles. The quantitative estimate of drug-likeness (QED) is 0.484. The molecular formula is C19H22Cl2FN5O2.